The maximum absolute atomic E-state index is 11.4. The van der Waals surface area contributed by atoms with E-state index in [1.54, 1.807) is 13.0 Å². The van der Waals surface area contributed by atoms with Crippen LogP contribution in [0, 0.1) is 6.92 Å². The molecule has 82 valence electrons. The second kappa shape index (κ2) is 4.63. The van der Waals surface area contributed by atoms with E-state index in [4.69, 9.17) is 10.5 Å². The number of aromatic hydroxyl groups is 1. The molecule has 0 radical (unpaired) electrons. The summed E-state index contributed by atoms with van der Waals surface area (Å²) in [5.41, 5.74) is 6.21. The number of carbonyl (C=O) groups excluding carboxylic acids is 1. The monoisotopic (exact) mass is 273 g/mol. The van der Waals surface area contributed by atoms with Crippen LogP contribution in [0.4, 0.5) is 0 Å². The van der Waals surface area contributed by atoms with Gasteiger partial charge in [0.1, 0.15) is 16.0 Å². The molecule has 1 aromatic rings. The first-order valence-electron chi connectivity index (χ1n) is 4.32. The molecule has 0 heterocycles. The number of halogens is 1. The van der Waals surface area contributed by atoms with Gasteiger partial charge in [0.25, 0.3) is 0 Å². The first kappa shape index (κ1) is 12.0. The highest BCUT2D eigenvalue weighted by molar-refractivity contribution is 9.10. The van der Waals surface area contributed by atoms with Gasteiger partial charge in [-0.3, -0.25) is 4.79 Å². The highest BCUT2D eigenvalue weighted by Crippen LogP contribution is 2.39. The van der Waals surface area contributed by atoms with Crippen LogP contribution in [0.2, 0.25) is 0 Å². The van der Waals surface area contributed by atoms with Gasteiger partial charge in [0, 0.05) is 0 Å². The smallest absolute Gasteiger partial charge is 0.180 e. The Morgan fingerprint density at radius 1 is 1.67 bits per heavy atom. The molecule has 0 amide bonds. The van der Waals surface area contributed by atoms with Gasteiger partial charge in [0.2, 0.25) is 0 Å². The molecule has 0 aliphatic heterocycles. The summed E-state index contributed by atoms with van der Waals surface area (Å²) >= 11 is 3.17. The van der Waals surface area contributed by atoms with Gasteiger partial charge < -0.3 is 15.6 Å². The molecule has 0 fully saturated rings. The molecule has 0 aromatic heterocycles. The number of carbonyl (C=O) groups is 1. The predicted octanol–water partition coefficient (Wildman–Crippen LogP) is 1.61. The molecule has 0 saturated carbocycles. The Hall–Kier alpha value is -1.07. The number of phenols is 1. The largest absolute Gasteiger partial charge is 0.506 e. The van der Waals surface area contributed by atoms with E-state index in [9.17, 15) is 9.90 Å². The average Bonchev–Trinajstić information content (AvgIpc) is 2.23. The number of Topliss-reactive ketones (excluding diaryl/α,β-unsaturated/α-hetero) is 1. The summed E-state index contributed by atoms with van der Waals surface area (Å²) in [4.78, 5) is 11.4. The van der Waals surface area contributed by atoms with Crippen molar-refractivity contribution in [1.82, 2.24) is 0 Å². The maximum atomic E-state index is 11.4. The van der Waals surface area contributed by atoms with E-state index < -0.39 is 0 Å². The zero-order valence-electron chi connectivity index (χ0n) is 8.50. The number of ketones is 1. The van der Waals surface area contributed by atoms with Crippen LogP contribution in [-0.4, -0.2) is 24.5 Å². The van der Waals surface area contributed by atoms with Crippen molar-refractivity contribution >= 4 is 21.7 Å². The van der Waals surface area contributed by atoms with Crippen molar-refractivity contribution in [2.45, 2.75) is 6.92 Å². The molecule has 1 rings (SSSR count). The Bertz CT molecular complexity index is 404. The Kier molecular flexibility index (Phi) is 3.71. The summed E-state index contributed by atoms with van der Waals surface area (Å²) in [6, 6.07) is 1.56. The molecular weight excluding hydrogens is 262 g/mol. The summed E-state index contributed by atoms with van der Waals surface area (Å²) in [6.07, 6.45) is 0. The number of rotatable bonds is 3. The standard InChI is InChI=1S/C10H12BrNO3/c1-5-3-6(7(13)4-12)9(14)8(11)10(5)15-2/h3,14H,4,12H2,1-2H3. The minimum Gasteiger partial charge on any atom is -0.506 e. The lowest BCUT2D eigenvalue weighted by Crippen LogP contribution is -2.14. The van der Waals surface area contributed by atoms with Crippen LogP contribution in [0.3, 0.4) is 0 Å². The van der Waals surface area contributed by atoms with Crippen molar-refractivity contribution in [3.8, 4) is 11.5 Å². The minimum atomic E-state index is -0.307. The third-order valence-electron chi connectivity index (χ3n) is 2.07. The first-order chi connectivity index (χ1) is 7.02. The fraction of sp³-hybridized carbons (Fsp3) is 0.300. The van der Waals surface area contributed by atoms with Crippen LogP contribution in [0.15, 0.2) is 10.5 Å². The summed E-state index contributed by atoms with van der Waals surface area (Å²) in [7, 11) is 1.50. The van der Waals surface area contributed by atoms with Gasteiger partial charge in [-0.2, -0.15) is 0 Å². The average molecular weight is 274 g/mol. The maximum Gasteiger partial charge on any atom is 0.180 e. The molecule has 3 N–H and O–H groups in total. The summed E-state index contributed by atoms with van der Waals surface area (Å²) < 4.78 is 5.45. The third kappa shape index (κ3) is 2.13. The van der Waals surface area contributed by atoms with E-state index >= 15 is 0 Å². The van der Waals surface area contributed by atoms with Crippen LogP contribution in [0.25, 0.3) is 0 Å². The van der Waals surface area contributed by atoms with Crippen molar-refractivity contribution in [2.75, 3.05) is 13.7 Å². The molecule has 0 atom stereocenters. The van der Waals surface area contributed by atoms with Crippen LogP contribution in [0.5, 0.6) is 11.5 Å². The molecule has 0 aliphatic rings. The van der Waals surface area contributed by atoms with Crippen molar-refractivity contribution in [3.05, 3.63) is 21.7 Å². The fourth-order valence-corrected chi connectivity index (χ4v) is 2.01. The molecule has 0 spiro atoms. The lowest BCUT2D eigenvalue weighted by molar-refractivity contribution is 0.0998. The number of nitrogens with two attached hydrogens (primary N) is 1. The molecule has 4 nitrogen and oxygen atoms in total. The second-order valence-electron chi connectivity index (χ2n) is 3.06. The molecule has 0 unspecified atom stereocenters. The first-order valence-corrected chi connectivity index (χ1v) is 5.11. The predicted molar refractivity (Wildman–Crippen MR) is 60.5 cm³/mol. The third-order valence-corrected chi connectivity index (χ3v) is 2.81. The van der Waals surface area contributed by atoms with Crippen molar-refractivity contribution in [3.63, 3.8) is 0 Å². The SMILES string of the molecule is COc1c(C)cc(C(=O)CN)c(O)c1Br. The Labute approximate surface area is 96.2 Å². The van der Waals surface area contributed by atoms with E-state index in [1.165, 1.54) is 7.11 Å². The van der Waals surface area contributed by atoms with E-state index in [2.05, 4.69) is 15.9 Å². The van der Waals surface area contributed by atoms with Gasteiger partial charge in [-0.25, -0.2) is 0 Å². The van der Waals surface area contributed by atoms with E-state index in [0.29, 0.717) is 10.2 Å². The lowest BCUT2D eigenvalue weighted by atomic mass is 10.1. The van der Waals surface area contributed by atoms with Crippen LogP contribution in [0.1, 0.15) is 15.9 Å². The highest BCUT2D eigenvalue weighted by atomic mass is 79.9. The van der Waals surface area contributed by atoms with Crippen LogP contribution < -0.4 is 10.5 Å². The van der Waals surface area contributed by atoms with Gasteiger partial charge in [0.05, 0.1) is 19.2 Å². The Morgan fingerprint density at radius 3 is 2.73 bits per heavy atom. The quantitative estimate of drug-likeness (QED) is 0.821. The fourth-order valence-electron chi connectivity index (χ4n) is 1.32. The normalized spacial score (nSPS) is 10.1. The zero-order valence-corrected chi connectivity index (χ0v) is 10.1. The molecule has 0 aliphatic carbocycles. The highest BCUT2D eigenvalue weighted by Gasteiger charge is 2.18. The lowest BCUT2D eigenvalue weighted by Gasteiger charge is -2.11. The molecular formula is C10H12BrNO3. The number of hydrogen-bond acceptors (Lipinski definition) is 4. The van der Waals surface area contributed by atoms with E-state index in [1.807, 2.05) is 0 Å². The van der Waals surface area contributed by atoms with Crippen molar-refractivity contribution < 1.29 is 14.6 Å². The summed E-state index contributed by atoms with van der Waals surface area (Å²) in [5, 5.41) is 9.73. The number of phenolic OH excluding ortho intramolecular Hbond substituents is 1. The number of ether oxygens (including phenoxy) is 1. The molecule has 1 aromatic carbocycles. The Morgan fingerprint density at radius 2 is 2.27 bits per heavy atom. The van der Waals surface area contributed by atoms with Gasteiger partial charge in [-0.1, -0.05) is 0 Å². The van der Waals surface area contributed by atoms with Gasteiger partial charge >= 0.3 is 0 Å². The van der Waals surface area contributed by atoms with Crippen molar-refractivity contribution in [2.24, 2.45) is 5.73 Å². The van der Waals surface area contributed by atoms with E-state index in [-0.39, 0.29) is 23.6 Å². The number of benzene rings is 1. The Balaban J connectivity index is 3.40. The minimum absolute atomic E-state index is 0.132. The van der Waals surface area contributed by atoms with Gasteiger partial charge in [-0.15, -0.1) is 0 Å². The van der Waals surface area contributed by atoms with Crippen LogP contribution >= 0.6 is 15.9 Å². The summed E-state index contributed by atoms with van der Waals surface area (Å²) in [5.74, 6) is 0.0768. The number of aryl methyl sites for hydroxylation is 1. The van der Waals surface area contributed by atoms with Crippen LogP contribution in [-0.2, 0) is 0 Å². The van der Waals surface area contributed by atoms with Gasteiger partial charge in [-0.05, 0) is 34.5 Å². The molecule has 0 bridgehead atoms. The van der Waals surface area contributed by atoms with Crippen molar-refractivity contribution in [1.29, 1.82) is 0 Å². The molecule has 15 heavy (non-hydrogen) atoms. The second-order valence-corrected chi connectivity index (χ2v) is 3.86. The topological polar surface area (TPSA) is 72.5 Å². The van der Waals surface area contributed by atoms with E-state index in [0.717, 1.165) is 5.56 Å². The molecule has 0 saturated heterocycles. The number of methoxy groups -OCH3 is 1. The summed E-state index contributed by atoms with van der Waals surface area (Å²) in [6.45, 7) is 1.65. The number of hydrogen-bond donors (Lipinski definition) is 2. The zero-order chi connectivity index (χ0) is 11.6. The molecule has 5 heteroatoms. The van der Waals surface area contributed by atoms with Gasteiger partial charge in [0.15, 0.2) is 5.78 Å².